The molecule has 0 aliphatic heterocycles. The fraction of sp³-hybridized carbons (Fsp3) is 0.815. The average molecular weight is 431 g/mol. The molecule has 0 aromatic rings. The Bertz CT molecular complexity index is 726. The van der Waals surface area contributed by atoms with Gasteiger partial charge in [-0.2, -0.15) is 11.8 Å². The fourth-order valence-electron chi connectivity index (χ4n) is 8.41. The molecule has 3 fully saturated rings. The number of carbonyl (C=O) groups is 1. The zero-order chi connectivity index (χ0) is 21.5. The quantitative estimate of drug-likeness (QED) is 0.550. The standard InChI is InChI=1S/C27H43NOS/c1-5-6-19-9-11-27(4)24-10-12-26(3)22(18(2)29)7-8-23(26)21(24)16-20(25(27)15-19)17-30-14-13-28/h6,15,20-24H,5,7-14,16-17,28H2,1-4H3/p+1/b19-6+. The first-order valence-electron chi connectivity index (χ1n) is 12.6. The van der Waals surface area contributed by atoms with Crippen LogP contribution in [0.1, 0.15) is 79.1 Å². The van der Waals surface area contributed by atoms with E-state index in [0.717, 1.165) is 37.1 Å². The molecule has 30 heavy (non-hydrogen) atoms. The highest BCUT2D eigenvalue weighted by atomic mass is 32.2. The number of fused-ring (bicyclic) bond motifs is 5. The lowest BCUT2D eigenvalue weighted by Gasteiger charge is -2.60. The summed E-state index contributed by atoms with van der Waals surface area (Å²) in [5.41, 5.74) is 8.08. The molecule has 0 radical (unpaired) electrons. The minimum Gasteiger partial charge on any atom is -0.357 e. The van der Waals surface area contributed by atoms with Crippen molar-refractivity contribution >= 4 is 17.5 Å². The van der Waals surface area contributed by atoms with Gasteiger partial charge in [0.15, 0.2) is 0 Å². The largest absolute Gasteiger partial charge is 0.357 e. The van der Waals surface area contributed by atoms with Crippen LogP contribution in [-0.4, -0.2) is 23.8 Å². The van der Waals surface area contributed by atoms with Crippen LogP contribution >= 0.6 is 11.8 Å². The van der Waals surface area contributed by atoms with Gasteiger partial charge < -0.3 is 5.73 Å². The van der Waals surface area contributed by atoms with E-state index in [2.05, 4.69) is 50.4 Å². The van der Waals surface area contributed by atoms with Gasteiger partial charge in [0, 0.05) is 17.4 Å². The summed E-state index contributed by atoms with van der Waals surface area (Å²) in [6, 6.07) is 0. The molecule has 0 spiro atoms. The van der Waals surface area contributed by atoms with Crippen LogP contribution in [0.25, 0.3) is 0 Å². The van der Waals surface area contributed by atoms with E-state index in [1.165, 1.54) is 50.0 Å². The predicted octanol–water partition coefficient (Wildman–Crippen LogP) is 5.69. The van der Waals surface area contributed by atoms with Gasteiger partial charge in [0.25, 0.3) is 0 Å². The number of rotatable bonds is 6. The molecule has 3 heteroatoms. The number of thioether (sulfide) groups is 1. The summed E-state index contributed by atoms with van der Waals surface area (Å²) >= 11 is 2.12. The lowest BCUT2D eigenvalue weighted by molar-refractivity contribution is -0.360. The van der Waals surface area contributed by atoms with E-state index in [1.807, 2.05) is 6.92 Å². The predicted molar refractivity (Wildman–Crippen MR) is 128 cm³/mol. The van der Waals surface area contributed by atoms with Gasteiger partial charge in [0.1, 0.15) is 5.78 Å². The Kier molecular flexibility index (Phi) is 6.62. The first-order chi connectivity index (χ1) is 14.3. The van der Waals surface area contributed by atoms with Crippen molar-refractivity contribution in [3.63, 3.8) is 0 Å². The van der Waals surface area contributed by atoms with E-state index in [1.54, 1.807) is 11.1 Å². The van der Waals surface area contributed by atoms with E-state index in [9.17, 15) is 4.79 Å². The Hall–Kier alpha value is -0.540. The highest BCUT2D eigenvalue weighted by Gasteiger charge is 2.60. The van der Waals surface area contributed by atoms with Gasteiger partial charge in [-0.25, -0.2) is 0 Å². The van der Waals surface area contributed by atoms with Crippen LogP contribution in [0.5, 0.6) is 0 Å². The van der Waals surface area contributed by atoms with Crippen LogP contribution in [-0.2, 0) is 4.79 Å². The third-order valence-corrected chi connectivity index (χ3v) is 11.0. The lowest BCUT2D eigenvalue weighted by Crippen LogP contribution is -2.53. The molecule has 168 valence electrons. The highest BCUT2D eigenvalue weighted by Crippen LogP contribution is 2.68. The normalized spacial score (nSPS) is 44.2. The zero-order valence-corrected chi connectivity index (χ0v) is 20.7. The molecule has 0 amide bonds. The number of hydrogen-bond acceptors (Lipinski definition) is 2. The van der Waals surface area contributed by atoms with E-state index in [4.69, 9.17) is 0 Å². The first kappa shape index (κ1) is 22.6. The minimum atomic E-state index is 0.261. The number of Topliss-reactive ketones (excluding diaryl/α,β-unsaturated/α-hetero) is 1. The Labute approximate surface area is 188 Å². The van der Waals surface area contributed by atoms with E-state index < -0.39 is 0 Å². The molecule has 7 atom stereocenters. The maximum atomic E-state index is 12.5. The Morgan fingerprint density at radius 3 is 2.73 bits per heavy atom. The van der Waals surface area contributed by atoms with Crippen molar-refractivity contribution in [1.82, 2.24) is 0 Å². The number of allylic oxidation sites excluding steroid dienone is 4. The van der Waals surface area contributed by atoms with Gasteiger partial charge in [-0.05, 0) is 92.8 Å². The molecule has 4 aliphatic rings. The second-order valence-corrected chi connectivity index (χ2v) is 12.4. The van der Waals surface area contributed by atoms with Crippen molar-refractivity contribution in [3.8, 4) is 0 Å². The van der Waals surface area contributed by atoms with E-state index >= 15 is 0 Å². The zero-order valence-electron chi connectivity index (χ0n) is 19.8. The van der Waals surface area contributed by atoms with Crippen molar-refractivity contribution in [2.24, 2.45) is 40.4 Å². The summed E-state index contributed by atoms with van der Waals surface area (Å²) in [7, 11) is 0. The van der Waals surface area contributed by atoms with Gasteiger partial charge >= 0.3 is 0 Å². The Morgan fingerprint density at radius 1 is 1.23 bits per heavy atom. The van der Waals surface area contributed by atoms with Crippen LogP contribution in [0.2, 0.25) is 0 Å². The summed E-state index contributed by atoms with van der Waals surface area (Å²) < 4.78 is 0. The second kappa shape index (κ2) is 8.77. The fourth-order valence-corrected chi connectivity index (χ4v) is 9.38. The van der Waals surface area contributed by atoms with Crippen LogP contribution < -0.4 is 5.73 Å². The summed E-state index contributed by atoms with van der Waals surface area (Å²) in [5, 5.41) is 0. The molecule has 2 nitrogen and oxygen atoms in total. The molecule has 4 rings (SSSR count). The number of quaternary nitrogens is 1. The smallest absolute Gasteiger partial charge is 0.133 e. The second-order valence-electron chi connectivity index (χ2n) is 11.2. The molecule has 0 saturated heterocycles. The lowest BCUT2D eigenvalue weighted by atomic mass is 9.45. The molecular formula is C27H44NOS+. The van der Waals surface area contributed by atoms with Crippen molar-refractivity contribution < 1.29 is 10.5 Å². The molecule has 0 heterocycles. The number of carbonyl (C=O) groups excluding carboxylic acids is 1. The molecular weight excluding hydrogens is 386 g/mol. The third kappa shape index (κ3) is 3.66. The summed E-state index contributed by atoms with van der Waals surface area (Å²) in [5.74, 6) is 6.33. The monoisotopic (exact) mass is 430 g/mol. The first-order valence-corrected chi connectivity index (χ1v) is 13.8. The van der Waals surface area contributed by atoms with Crippen LogP contribution in [0.4, 0.5) is 0 Å². The van der Waals surface area contributed by atoms with Gasteiger partial charge in [-0.3, -0.25) is 4.79 Å². The number of ketones is 1. The molecule has 0 aromatic carbocycles. The topological polar surface area (TPSA) is 44.7 Å². The van der Waals surface area contributed by atoms with Gasteiger partial charge in [0.05, 0.1) is 6.54 Å². The van der Waals surface area contributed by atoms with Crippen molar-refractivity contribution in [3.05, 3.63) is 23.3 Å². The highest BCUT2D eigenvalue weighted by molar-refractivity contribution is 7.99. The van der Waals surface area contributed by atoms with E-state index in [-0.39, 0.29) is 5.41 Å². The van der Waals surface area contributed by atoms with Gasteiger partial charge in [-0.15, -0.1) is 0 Å². The third-order valence-electron chi connectivity index (χ3n) is 9.75. The summed E-state index contributed by atoms with van der Waals surface area (Å²) in [4.78, 5) is 12.5. The van der Waals surface area contributed by atoms with Crippen LogP contribution in [0.3, 0.4) is 0 Å². The minimum absolute atomic E-state index is 0.261. The molecule has 0 aromatic heterocycles. The van der Waals surface area contributed by atoms with Crippen LogP contribution in [0.15, 0.2) is 23.3 Å². The summed E-state index contributed by atoms with van der Waals surface area (Å²) in [6.45, 7) is 10.3. The van der Waals surface area contributed by atoms with Crippen molar-refractivity contribution in [2.75, 3.05) is 18.1 Å². The molecule has 7 unspecified atom stereocenters. The average Bonchev–Trinajstić information content (AvgIpc) is 3.07. The van der Waals surface area contributed by atoms with Gasteiger partial charge in [-0.1, -0.05) is 44.1 Å². The maximum absolute atomic E-state index is 12.5. The summed E-state index contributed by atoms with van der Waals surface area (Å²) in [6.07, 6.45) is 15.2. The Balaban J connectivity index is 1.68. The van der Waals surface area contributed by atoms with Crippen molar-refractivity contribution in [2.45, 2.75) is 79.1 Å². The van der Waals surface area contributed by atoms with Crippen LogP contribution in [0, 0.1) is 40.4 Å². The number of hydrogen-bond donors (Lipinski definition) is 1. The SMILES string of the molecule is CC/C=C1/C=C2C(CSCC[NH3+])CC3C(CCC4(C)C(C(C)=O)CCC34)C2(C)CC1. The molecule has 4 aliphatic carbocycles. The maximum Gasteiger partial charge on any atom is 0.133 e. The Morgan fingerprint density at radius 2 is 2.03 bits per heavy atom. The molecule has 0 bridgehead atoms. The molecule has 3 saturated carbocycles. The van der Waals surface area contributed by atoms with Gasteiger partial charge in [0.2, 0.25) is 0 Å². The molecule has 3 N–H and O–H groups in total. The van der Waals surface area contributed by atoms with Crippen molar-refractivity contribution in [1.29, 1.82) is 0 Å². The van der Waals surface area contributed by atoms with E-state index in [0.29, 0.717) is 23.0 Å².